The van der Waals surface area contributed by atoms with Crippen LogP contribution in [0.1, 0.15) is 51.9 Å². The van der Waals surface area contributed by atoms with E-state index in [0.29, 0.717) is 25.9 Å². The van der Waals surface area contributed by atoms with E-state index < -0.39 is 0 Å². The lowest BCUT2D eigenvalue weighted by Gasteiger charge is -2.15. The first kappa shape index (κ1) is 21.7. The fraction of sp³-hybridized carbons (Fsp3) is 0.833. The first-order valence-electron chi connectivity index (χ1n) is 9.28. The van der Waals surface area contributed by atoms with E-state index in [-0.39, 0.29) is 24.0 Å². The first-order valence-corrected chi connectivity index (χ1v) is 9.28. The van der Waals surface area contributed by atoms with Crippen molar-refractivity contribution in [2.24, 2.45) is 4.99 Å². The molecule has 0 saturated carbocycles. The van der Waals surface area contributed by atoms with Crippen molar-refractivity contribution in [3.8, 4) is 0 Å². The molecule has 5 nitrogen and oxygen atoms in total. The van der Waals surface area contributed by atoms with E-state index in [1.165, 1.54) is 25.7 Å². The molecule has 2 rings (SSSR count). The molecule has 0 spiro atoms. The largest absolute Gasteiger partial charge is 0.377 e. The van der Waals surface area contributed by atoms with Crippen LogP contribution in [0, 0.1) is 0 Å². The van der Waals surface area contributed by atoms with Gasteiger partial charge in [-0.05, 0) is 51.9 Å². The Morgan fingerprint density at radius 3 is 2.96 bits per heavy atom. The predicted octanol–water partition coefficient (Wildman–Crippen LogP) is 3.25. The molecule has 0 aromatic carbocycles. The molecule has 24 heavy (non-hydrogen) atoms. The van der Waals surface area contributed by atoms with Crippen molar-refractivity contribution < 1.29 is 9.47 Å². The topological polar surface area (TPSA) is 54.9 Å². The van der Waals surface area contributed by atoms with Crippen LogP contribution >= 0.6 is 24.0 Å². The molecule has 2 N–H and O–H groups in total. The summed E-state index contributed by atoms with van der Waals surface area (Å²) in [5, 5.41) is 6.71. The van der Waals surface area contributed by atoms with Crippen molar-refractivity contribution in [3.05, 3.63) is 11.6 Å². The maximum atomic E-state index is 5.65. The van der Waals surface area contributed by atoms with Gasteiger partial charge in [0.25, 0.3) is 0 Å². The van der Waals surface area contributed by atoms with E-state index in [0.717, 1.165) is 44.9 Å². The number of hydrogen-bond donors (Lipinski definition) is 2. The number of ether oxygens (including phenoxy) is 2. The molecule has 1 aliphatic heterocycles. The van der Waals surface area contributed by atoms with Crippen LogP contribution in [0.25, 0.3) is 0 Å². The van der Waals surface area contributed by atoms with Crippen molar-refractivity contribution in [1.82, 2.24) is 10.6 Å². The molecule has 0 aromatic rings. The van der Waals surface area contributed by atoms with Crippen molar-refractivity contribution in [3.63, 3.8) is 0 Å². The minimum Gasteiger partial charge on any atom is -0.377 e. The number of rotatable bonds is 9. The van der Waals surface area contributed by atoms with Crippen LogP contribution in [-0.2, 0) is 9.47 Å². The second-order valence-corrected chi connectivity index (χ2v) is 6.26. The third-order valence-corrected chi connectivity index (χ3v) is 4.30. The molecule has 0 amide bonds. The normalized spacial score (nSPS) is 21.1. The quantitative estimate of drug-likeness (QED) is 0.186. The number of halogens is 1. The maximum absolute atomic E-state index is 5.65. The Labute approximate surface area is 164 Å². The third-order valence-electron chi connectivity index (χ3n) is 4.30. The average Bonchev–Trinajstić information content (AvgIpc) is 3.09. The lowest BCUT2D eigenvalue weighted by Crippen LogP contribution is -2.38. The van der Waals surface area contributed by atoms with Crippen LogP contribution in [0.4, 0.5) is 0 Å². The molecule has 1 atom stereocenters. The Morgan fingerprint density at radius 2 is 2.25 bits per heavy atom. The van der Waals surface area contributed by atoms with Crippen molar-refractivity contribution in [2.75, 3.05) is 39.5 Å². The molecule has 140 valence electrons. The Bertz CT molecular complexity index is 382. The SMILES string of the molecule is CCNC(=NCCOCC1CCCO1)NCCC1=CCCCC1.I. The average molecular weight is 451 g/mol. The van der Waals surface area contributed by atoms with Gasteiger partial charge in [-0.25, -0.2) is 0 Å². The summed E-state index contributed by atoms with van der Waals surface area (Å²) in [6.07, 6.45) is 11.4. The summed E-state index contributed by atoms with van der Waals surface area (Å²) in [4.78, 5) is 4.57. The highest BCUT2D eigenvalue weighted by Crippen LogP contribution is 2.19. The summed E-state index contributed by atoms with van der Waals surface area (Å²) in [6, 6.07) is 0. The van der Waals surface area contributed by atoms with Crippen molar-refractivity contribution >= 4 is 29.9 Å². The van der Waals surface area contributed by atoms with E-state index in [9.17, 15) is 0 Å². The van der Waals surface area contributed by atoms with Gasteiger partial charge in [-0.1, -0.05) is 11.6 Å². The van der Waals surface area contributed by atoms with Gasteiger partial charge in [-0.2, -0.15) is 0 Å². The molecule has 1 heterocycles. The zero-order chi connectivity index (χ0) is 16.2. The number of aliphatic imine (C=N–C) groups is 1. The Balaban J connectivity index is 0.00000288. The van der Waals surface area contributed by atoms with Gasteiger partial charge in [0.05, 0.1) is 25.9 Å². The zero-order valence-electron chi connectivity index (χ0n) is 15.0. The highest BCUT2D eigenvalue weighted by Gasteiger charge is 2.14. The highest BCUT2D eigenvalue weighted by atomic mass is 127. The van der Waals surface area contributed by atoms with Crippen LogP contribution in [0.15, 0.2) is 16.6 Å². The second-order valence-electron chi connectivity index (χ2n) is 6.26. The molecule has 0 aromatic heterocycles. The lowest BCUT2D eigenvalue weighted by molar-refractivity contribution is 0.0200. The molecule has 1 aliphatic carbocycles. The molecular weight excluding hydrogens is 417 g/mol. The Kier molecular flexibility index (Phi) is 12.6. The van der Waals surface area contributed by atoms with Crippen LogP contribution < -0.4 is 10.6 Å². The summed E-state index contributed by atoms with van der Waals surface area (Å²) in [5.74, 6) is 0.893. The van der Waals surface area contributed by atoms with Crippen molar-refractivity contribution in [2.45, 2.75) is 58.0 Å². The number of nitrogens with one attached hydrogen (secondary N) is 2. The van der Waals surface area contributed by atoms with Gasteiger partial charge in [0, 0.05) is 19.7 Å². The summed E-state index contributed by atoms with van der Waals surface area (Å²) < 4.78 is 11.2. The minimum absolute atomic E-state index is 0. The van der Waals surface area contributed by atoms with E-state index in [2.05, 4.69) is 28.6 Å². The number of allylic oxidation sites excluding steroid dienone is 1. The molecule has 1 saturated heterocycles. The Morgan fingerprint density at radius 1 is 1.33 bits per heavy atom. The van der Waals surface area contributed by atoms with Crippen molar-refractivity contribution in [1.29, 1.82) is 0 Å². The smallest absolute Gasteiger partial charge is 0.191 e. The van der Waals surface area contributed by atoms with Crippen LogP contribution in [0.2, 0.25) is 0 Å². The van der Waals surface area contributed by atoms with Gasteiger partial charge >= 0.3 is 0 Å². The monoisotopic (exact) mass is 451 g/mol. The van der Waals surface area contributed by atoms with Gasteiger partial charge in [0.2, 0.25) is 0 Å². The lowest BCUT2D eigenvalue weighted by atomic mass is 9.97. The number of hydrogen-bond acceptors (Lipinski definition) is 3. The van der Waals surface area contributed by atoms with Crippen LogP contribution in [-0.4, -0.2) is 51.5 Å². The van der Waals surface area contributed by atoms with Crippen LogP contribution in [0.5, 0.6) is 0 Å². The fourth-order valence-electron chi connectivity index (χ4n) is 3.03. The fourth-order valence-corrected chi connectivity index (χ4v) is 3.03. The predicted molar refractivity (Wildman–Crippen MR) is 110 cm³/mol. The molecule has 6 heteroatoms. The molecule has 1 fully saturated rings. The summed E-state index contributed by atoms with van der Waals surface area (Å²) >= 11 is 0. The molecule has 2 aliphatic rings. The maximum Gasteiger partial charge on any atom is 0.191 e. The van der Waals surface area contributed by atoms with Gasteiger partial charge in [0.15, 0.2) is 5.96 Å². The summed E-state index contributed by atoms with van der Waals surface area (Å²) in [6.45, 7) is 6.85. The van der Waals surface area contributed by atoms with E-state index >= 15 is 0 Å². The van der Waals surface area contributed by atoms with Crippen LogP contribution in [0.3, 0.4) is 0 Å². The van der Waals surface area contributed by atoms with E-state index in [4.69, 9.17) is 9.47 Å². The Hall–Kier alpha value is -0.340. The molecule has 0 bridgehead atoms. The molecule has 1 unspecified atom stereocenters. The van der Waals surface area contributed by atoms with Gasteiger partial charge in [0.1, 0.15) is 0 Å². The van der Waals surface area contributed by atoms with Gasteiger partial charge < -0.3 is 20.1 Å². The summed E-state index contributed by atoms with van der Waals surface area (Å²) in [7, 11) is 0. The molecule has 0 radical (unpaired) electrons. The third kappa shape index (κ3) is 9.22. The number of nitrogens with zero attached hydrogens (tertiary/aromatic N) is 1. The first-order chi connectivity index (χ1) is 11.4. The highest BCUT2D eigenvalue weighted by molar-refractivity contribution is 14.0. The van der Waals surface area contributed by atoms with Gasteiger partial charge in [-0.15, -0.1) is 24.0 Å². The minimum atomic E-state index is 0. The van der Waals surface area contributed by atoms with E-state index in [1.807, 2.05) is 0 Å². The molecular formula is C18H34IN3O2. The van der Waals surface area contributed by atoms with E-state index in [1.54, 1.807) is 5.57 Å². The van der Waals surface area contributed by atoms with Gasteiger partial charge in [-0.3, -0.25) is 4.99 Å². The zero-order valence-corrected chi connectivity index (χ0v) is 17.3. The second kappa shape index (κ2) is 13.9. The standard InChI is InChI=1S/C18H33N3O2.HI/c1-2-19-18(20-11-10-16-7-4-3-5-8-16)21-12-14-22-15-17-9-6-13-23-17;/h7,17H,2-6,8-15H2,1H3,(H2,19,20,21);1H. The number of guanidine groups is 1. The summed E-state index contributed by atoms with van der Waals surface area (Å²) in [5.41, 5.74) is 1.60.